The Bertz CT molecular complexity index is 244. The predicted octanol–water partition coefficient (Wildman–Crippen LogP) is 1.98. The molecule has 0 rings (SSSR count). The second-order valence-electron chi connectivity index (χ2n) is 4.83. The number of hydroxylamine groups is 1. The Morgan fingerprint density at radius 3 is 2.14 bits per heavy atom. The van der Waals surface area contributed by atoms with Crippen LogP contribution in [0, 0.1) is 0 Å². The standard InChI is InChI=1S/C15H31NO5S/c1-18-8-9-19-10-11-20-12-13-21-16-15(17)7-5-3-2-4-6-14-22/h22H,2-14H2,1H3,(H,16,17). The van der Waals surface area contributed by atoms with E-state index >= 15 is 0 Å². The van der Waals surface area contributed by atoms with Crippen molar-refractivity contribution in [2.75, 3.05) is 52.5 Å². The van der Waals surface area contributed by atoms with E-state index in [1.165, 1.54) is 6.42 Å². The lowest BCUT2D eigenvalue weighted by molar-refractivity contribution is -0.135. The minimum absolute atomic E-state index is 0.0721. The second-order valence-corrected chi connectivity index (χ2v) is 5.28. The van der Waals surface area contributed by atoms with Crippen molar-refractivity contribution in [3.05, 3.63) is 0 Å². The van der Waals surface area contributed by atoms with E-state index in [2.05, 4.69) is 18.1 Å². The molecule has 22 heavy (non-hydrogen) atoms. The van der Waals surface area contributed by atoms with Crippen LogP contribution in [0.1, 0.15) is 38.5 Å². The molecular weight excluding hydrogens is 306 g/mol. The Labute approximate surface area is 139 Å². The molecule has 0 fully saturated rings. The third-order valence-corrected chi connectivity index (χ3v) is 3.20. The largest absolute Gasteiger partial charge is 0.382 e. The predicted molar refractivity (Wildman–Crippen MR) is 89.2 cm³/mol. The molecule has 0 bridgehead atoms. The van der Waals surface area contributed by atoms with Crippen molar-refractivity contribution in [1.82, 2.24) is 5.48 Å². The lowest BCUT2D eigenvalue weighted by Gasteiger charge is -2.07. The summed E-state index contributed by atoms with van der Waals surface area (Å²) in [7, 11) is 1.63. The molecule has 0 saturated carbocycles. The molecule has 7 heteroatoms. The fraction of sp³-hybridized carbons (Fsp3) is 0.933. The number of rotatable bonds is 17. The number of amides is 1. The highest BCUT2D eigenvalue weighted by Crippen LogP contribution is 2.05. The van der Waals surface area contributed by atoms with E-state index in [-0.39, 0.29) is 5.91 Å². The topological polar surface area (TPSA) is 66.0 Å². The number of unbranched alkanes of at least 4 members (excludes halogenated alkanes) is 4. The summed E-state index contributed by atoms with van der Waals surface area (Å²) in [5.41, 5.74) is 2.42. The summed E-state index contributed by atoms with van der Waals surface area (Å²) >= 11 is 4.16. The number of nitrogens with one attached hydrogen (secondary N) is 1. The molecule has 0 aromatic carbocycles. The molecule has 1 amide bonds. The molecule has 6 nitrogen and oxygen atoms in total. The van der Waals surface area contributed by atoms with Gasteiger partial charge >= 0.3 is 0 Å². The van der Waals surface area contributed by atoms with Gasteiger partial charge in [0.2, 0.25) is 5.91 Å². The zero-order chi connectivity index (χ0) is 16.3. The molecule has 0 atom stereocenters. The van der Waals surface area contributed by atoms with E-state index in [0.717, 1.165) is 31.4 Å². The highest BCUT2D eigenvalue weighted by Gasteiger charge is 2.00. The smallest absolute Gasteiger partial charge is 0.243 e. The van der Waals surface area contributed by atoms with Gasteiger partial charge in [0.15, 0.2) is 0 Å². The van der Waals surface area contributed by atoms with Crippen LogP contribution in [0.2, 0.25) is 0 Å². The summed E-state index contributed by atoms with van der Waals surface area (Å²) in [6.45, 7) is 2.96. The Balaban J connectivity index is 3.12. The van der Waals surface area contributed by atoms with E-state index in [1.807, 2.05) is 0 Å². The monoisotopic (exact) mass is 337 g/mol. The fourth-order valence-electron chi connectivity index (χ4n) is 1.68. The Morgan fingerprint density at radius 1 is 0.864 bits per heavy atom. The molecule has 0 spiro atoms. The van der Waals surface area contributed by atoms with Crippen LogP contribution in [0.5, 0.6) is 0 Å². The maximum absolute atomic E-state index is 11.4. The van der Waals surface area contributed by atoms with Gasteiger partial charge < -0.3 is 14.2 Å². The first-order valence-corrected chi connectivity index (χ1v) is 8.60. The van der Waals surface area contributed by atoms with E-state index < -0.39 is 0 Å². The third kappa shape index (κ3) is 17.7. The minimum Gasteiger partial charge on any atom is -0.382 e. The first-order valence-electron chi connectivity index (χ1n) is 7.97. The molecule has 0 aromatic heterocycles. The molecule has 0 saturated heterocycles. The normalized spacial score (nSPS) is 10.8. The number of hydrogen-bond donors (Lipinski definition) is 2. The van der Waals surface area contributed by atoms with Gasteiger partial charge in [-0.15, -0.1) is 0 Å². The first-order chi connectivity index (χ1) is 10.8. The molecule has 1 N–H and O–H groups in total. The number of hydrogen-bond acceptors (Lipinski definition) is 6. The zero-order valence-corrected chi connectivity index (χ0v) is 14.6. The van der Waals surface area contributed by atoms with E-state index in [9.17, 15) is 4.79 Å². The Hall–Kier alpha value is -0.340. The van der Waals surface area contributed by atoms with Crippen molar-refractivity contribution in [1.29, 1.82) is 0 Å². The van der Waals surface area contributed by atoms with E-state index in [0.29, 0.717) is 46.1 Å². The number of methoxy groups -OCH3 is 1. The van der Waals surface area contributed by atoms with Crippen molar-refractivity contribution in [3.63, 3.8) is 0 Å². The third-order valence-electron chi connectivity index (χ3n) is 2.88. The van der Waals surface area contributed by atoms with Crippen LogP contribution in [-0.2, 0) is 23.8 Å². The lowest BCUT2D eigenvalue weighted by atomic mass is 10.1. The van der Waals surface area contributed by atoms with E-state index in [4.69, 9.17) is 19.0 Å². The number of thiol groups is 1. The molecule has 0 unspecified atom stereocenters. The van der Waals surface area contributed by atoms with Crippen molar-refractivity contribution < 1.29 is 23.8 Å². The summed E-state index contributed by atoms with van der Waals surface area (Å²) in [5.74, 6) is 0.868. The summed E-state index contributed by atoms with van der Waals surface area (Å²) in [6, 6.07) is 0. The van der Waals surface area contributed by atoms with Gasteiger partial charge in [0.1, 0.15) is 0 Å². The van der Waals surface area contributed by atoms with Crippen molar-refractivity contribution in [2.24, 2.45) is 0 Å². The molecule has 0 heterocycles. The Morgan fingerprint density at radius 2 is 1.45 bits per heavy atom. The zero-order valence-electron chi connectivity index (χ0n) is 13.7. The second kappa shape index (κ2) is 18.7. The molecule has 0 aliphatic carbocycles. The molecule has 0 aliphatic rings. The van der Waals surface area contributed by atoms with Gasteiger partial charge in [-0.05, 0) is 18.6 Å². The van der Waals surface area contributed by atoms with Gasteiger partial charge in [-0.25, -0.2) is 5.48 Å². The maximum atomic E-state index is 11.4. The summed E-state index contributed by atoms with van der Waals surface area (Å²) in [5, 5.41) is 0. The first kappa shape index (κ1) is 21.7. The molecule has 0 aromatic rings. The van der Waals surface area contributed by atoms with Crippen LogP contribution in [0.3, 0.4) is 0 Å². The van der Waals surface area contributed by atoms with Crippen LogP contribution >= 0.6 is 12.6 Å². The lowest BCUT2D eigenvalue weighted by Crippen LogP contribution is -2.25. The van der Waals surface area contributed by atoms with Crippen LogP contribution in [-0.4, -0.2) is 58.4 Å². The van der Waals surface area contributed by atoms with Gasteiger partial charge in [-0.1, -0.05) is 19.3 Å². The fourth-order valence-corrected chi connectivity index (χ4v) is 1.90. The van der Waals surface area contributed by atoms with Crippen LogP contribution in [0.4, 0.5) is 0 Å². The minimum atomic E-state index is -0.0721. The number of carbonyl (C=O) groups is 1. The quantitative estimate of drug-likeness (QED) is 0.241. The van der Waals surface area contributed by atoms with Crippen molar-refractivity contribution in [2.45, 2.75) is 38.5 Å². The van der Waals surface area contributed by atoms with Gasteiger partial charge in [0.25, 0.3) is 0 Å². The van der Waals surface area contributed by atoms with Gasteiger partial charge in [-0.3, -0.25) is 9.63 Å². The summed E-state index contributed by atoms with van der Waals surface area (Å²) in [4.78, 5) is 16.5. The molecule has 0 aliphatic heterocycles. The average Bonchev–Trinajstić information content (AvgIpc) is 2.52. The summed E-state index contributed by atoms with van der Waals surface area (Å²) in [6.07, 6.45) is 5.98. The number of ether oxygens (including phenoxy) is 3. The van der Waals surface area contributed by atoms with Crippen molar-refractivity contribution >= 4 is 18.5 Å². The summed E-state index contributed by atoms with van der Waals surface area (Å²) < 4.78 is 15.4. The maximum Gasteiger partial charge on any atom is 0.243 e. The van der Waals surface area contributed by atoms with Gasteiger partial charge in [0.05, 0.1) is 39.6 Å². The van der Waals surface area contributed by atoms with Crippen LogP contribution < -0.4 is 5.48 Å². The highest BCUT2D eigenvalue weighted by molar-refractivity contribution is 7.80. The van der Waals surface area contributed by atoms with Crippen LogP contribution in [0.25, 0.3) is 0 Å². The van der Waals surface area contributed by atoms with Crippen molar-refractivity contribution in [3.8, 4) is 0 Å². The molecular formula is C15H31NO5S. The van der Waals surface area contributed by atoms with E-state index in [1.54, 1.807) is 7.11 Å². The van der Waals surface area contributed by atoms with Gasteiger partial charge in [0, 0.05) is 13.5 Å². The molecule has 132 valence electrons. The average molecular weight is 337 g/mol. The van der Waals surface area contributed by atoms with Gasteiger partial charge in [-0.2, -0.15) is 12.6 Å². The highest BCUT2D eigenvalue weighted by atomic mass is 32.1. The SMILES string of the molecule is COCCOCCOCCONC(=O)CCCCCCCS. The Kier molecular flexibility index (Phi) is 18.4. The number of carbonyl (C=O) groups excluding carboxylic acids is 1. The molecule has 0 radical (unpaired) electrons. The van der Waals surface area contributed by atoms with Crippen LogP contribution in [0.15, 0.2) is 0 Å².